The normalized spacial score (nSPS) is 25.4. The van der Waals surface area contributed by atoms with Gasteiger partial charge in [-0.2, -0.15) is 65.9 Å². The number of hydrogen-bond acceptors (Lipinski definition) is 3. The summed E-state index contributed by atoms with van der Waals surface area (Å²) in [4.78, 5) is 12.0. The van der Waals surface area contributed by atoms with Gasteiger partial charge in [-0.1, -0.05) is 0 Å². The Balaban J connectivity index is 1.78. The number of hydrogen-bond donors (Lipinski definition) is 4. The van der Waals surface area contributed by atoms with Crippen molar-refractivity contribution < 1.29 is 71.0 Å². The van der Waals surface area contributed by atoms with Crippen LogP contribution in [0.3, 0.4) is 0 Å². The summed E-state index contributed by atoms with van der Waals surface area (Å²) in [7, 11) is 0. The molecule has 6 nitrogen and oxygen atoms in total. The highest BCUT2D eigenvalue weighted by Gasteiger charge is 2.59. The first-order chi connectivity index (χ1) is 23.3. The highest BCUT2D eigenvalue weighted by molar-refractivity contribution is 6.28. The minimum absolute atomic E-state index is 0.310. The number of halogens is 15. The zero-order chi connectivity index (χ0) is 37.7. The van der Waals surface area contributed by atoms with Crippen LogP contribution in [0.2, 0.25) is 0 Å². The van der Waals surface area contributed by atoms with Crippen LogP contribution in [-0.4, -0.2) is 62.4 Å². The summed E-state index contributed by atoms with van der Waals surface area (Å²) in [6.45, 7) is 0. The average Bonchev–Trinajstić information content (AvgIpc) is 3.78. The lowest BCUT2D eigenvalue weighted by atomic mass is 9.95. The van der Waals surface area contributed by atoms with Crippen LogP contribution in [0, 0.1) is 0 Å². The summed E-state index contributed by atoms with van der Waals surface area (Å²) in [5.74, 6) is 0. The molecule has 0 radical (unpaired) electrons. The van der Waals surface area contributed by atoms with Crippen molar-refractivity contribution in [2.45, 2.75) is 36.5 Å². The number of allylic oxidation sites excluding steroid dienone is 6. The number of aliphatic imine (C=N–C) groups is 2. The maximum absolute atomic E-state index is 14.5. The van der Waals surface area contributed by atoms with E-state index in [4.69, 9.17) is 0 Å². The first-order valence-electron chi connectivity index (χ1n) is 13.8. The molecule has 10 bridgehead atoms. The molecule has 0 saturated carbocycles. The zero-order valence-corrected chi connectivity index (χ0v) is 24.3. The van der Waals surface area contributed by atoms with Gasteiger partial charge in [-0.25, -0.2) is 9.98 Å². The van der Waals surface area contributed by atoms with Gasteiger partial charge in [0.15, 0.2) is 0 Å². The fourth-order valence-electron chi connectivity index (χ4n) is 5.67. The Morgan fingerprint density at radius 2 is 0.843 bits per heavy atom. The van der Waals surface area contributed by atoms with E-state index in [1.165, 1.54) is 0 Å². The summed E-state index contributed by atoms with van der Waals surface area (Å²) < 4.78 is 216. The van der Waals surface area contributed by atoms with Crippen molar-refractivity contribution in [2.24, 2.45) is 9.98 Å². The van der Waals surface area contributed by atoms with Gasteiger partial charge >= 0.3 is 30.9 Å². The van der Waals surface area contributed by atoms with Crippen LogP contribution < -0.4 is 10.7 Å². The fourth-order valence-corrected chi connectivity index (χ4v) is 5.67. The van der Waals surface area contributed by atoms with Gasteiger partial charge in [-0.3, -0.25) is 0 Å². The second-order valence-corrected chi connectivity index (χ2v) is 11.0. The van der Waals surface area contributed by atoms with Crippen molar-refractivity contribution in [3.05, 3.63) is 111 Å². The molecule has 0 fully saturated rings. The van der Waals surface area contributed by atoms with Gasteiger partial charge in [0.1, 0.15) is 22.3 Å². The second kappa shape index (κ2) is 11.1. The minimum Gasteiger partial charge on any atom is -0.370 e. The van der Waals surface area contributed by atoms with Gasteiger partial charge in [-0.15, -0.1) is 0 Å². The topological polar surface area (TPSA) is 92.3 Å². The van der Waals surface area contributed by atoms with E-state index in [0.717, 1.165) is 0 Å². The second-order valence-electron chi connectivity index (χ2n) is 11.0. The van der Waals surface area contributed by atoms with Gasteiger partial charge in [-0.05, 0) is 60.7 Å². The minimum atomic E-state index is -5.87. The van der Waals surface area contributed by atoms with Gasteiger partial charge in [0.25, 0.3) is 0 Å². The Morgan fingerprint density at radius 1 is 0.451 bits per heavy atom. The van der Waals surface area contributed by atoms with E-state index < -0.39 is 115 Å². The number of aromatic nitrogens is 3. The molecule has 0 amide bonds. The number of rotatable bonds is 0. The number of aromatic amines is 3. The fraction of sp³-hybridized carbons (Fsp3) is 0.200. The van der Waals surface area contributed by atoms with E-state index in [2.05, 4.69) is 9.98 Å². The number of H-pyrrole nitrogens is 3. The van der Waals surface area contributed by atoms with Crippen LogP contribution in [0.5, 0.6) is 0 Å². The Bertz CT molecular complexity index is 2250. The van der Waals surface area contributed by atoms with Gasteiger partial charge in [0.05, 0.1) is 56.3 Å². The first kappa shape index (κ1) is 35.6. The van der Waals surface area contributed by atoms with Crippen LogP contribution in [0.4, 0.5) is 65.9 Å². The van der Waals surface area contributed by atoms with Gasteiger partial charge in [0, 0.05) is 0 Å². The summed E-state index contributed by atoms with van der Waals surface area (Å²) in [6.07, 6.45) is -26.3. The highest BCUT2D eigenvalue weighted by Crippen LogP contribution is 2.47. The molecule has 6 heterocycles. The molecule has 3 aromatic heterocycles. The molecule has 0 spiro atoms. The average molecular weight is 745 g/mol. The number of alkyl halides is 15. The number of fused-ring (bicyclic) bond motifs is 8. The van der Waals surface area contributed by atoms with Crippen molar-refractivity contribution in [3.8, 4) is 0 Å². The van der Waals surface area contributed by atoms with E-state index >= 15 is 0 Å². The summed E-state index contributed by atoms with van der Waals surface area (Å²) >= 11 is 0. The molecule has 270 valence electrons. The predicted octanol–water partition coefficient (Wildman–Crippen LogP) is 7.07. The SMILES string of the molecule is OC1(C(F)(F)F)c2ccc([nH]2)/C(C(F)(F)F)=C2/C=CC(=N2)/C(C(F)(F)F)=C2/C=CC(=N2)/C(C(F)(F)F)=c2/cc/c([nH]2)=C(\C(F)(F)F)c2ccc1[nH]2. The molecular formula is C30H14F15N5O. The van der Waals surface area contributed by atoms with E-state index in [-0.39, 0.29) is 0 Å². The molecular weight excluding hydrogens is 731 g/mol. The van der Waals surface area contributed by atoms with E-state index in [0.29, 0.717) is 60.7 Å². The zero-order valence-electron chi connectivity index (χ0n) is 24.3. The van der Waals surface area contributed by atoms with Crippen LogP contribution in [0.1, 0.15) is 22.8 Å². The summed E-state index contributed by atoms with van der Waals surface area (Å²) in [5, 5.41) is 8.66. The Labute approximate surface area is 272 Å². The van der Waals surface area contributed by atoms with E-state index in [9.17, 15) is 71.0 Å². The van der Waals surface area contributed by atoms with Gasteiger partial charge in [0.2, 0.25) is 5.60 Å². The quantitative estimate of drug-likeness (QED) is 0.182. The first-order valence-corrected chi connectivity index (χ1v) is 13.8. The van der Waals surface area contributed by atoms with Gasteiger partial charge < -0.3 is 20.1 Å². The lowest BCUT2D eigenvalue weighted by Gasteiger charge is -2.29. The molecule has 0 aromatic carbocycles. The van der Waals surface area contributed by atoms with Crippen LogP contribution >= 0.6 is 0 Å². The molecule has 21 heteroatoms. The van der Waals surface area contributed by atoms with E-state index in [1.807, 2.05) is 4.98 Å². The maximum Gasteiger partial charge on any atom is 0.428 e. The van der Waals surface area contributed by atoms with Crippen molar-refractivity contribution in [1.29, 1.82) is 0 Å². The molecule has 6 rings (SSSR count). The predicted molar refractivity (Wildman–Crippen MR) is 148 cm³/mol. The number of aliphatic hydroxyl groups is 1. The molecule has 3 aliphatic rings. The van der Waals surface area contributed by atoms with E-state index in [1.54, 1.807) is 9.97 Å². The third kappa shape index (κ3) is 6.01. The lowest BCUT2D eigenvalue weighted by Crippen LogP contribution is -2.44. The number of nitrogens with zero attached hydrogens (tertiary/aromatic N) is 2. The smallest absolute Gasteiger partial charge is 0.370 e. The standard InChI is InChI=1S/C30H14F15N5O/c31-26(32,33)21-11-1-2-12(46-11)22(27(34,35)36)14-4-6-16(48-14)24(29(40,41)42)18-8-10-20(50-18)25(51,30(43,44)45)19-9-7-17(49-19)23(28(37,38)39)15-5-3-13(21)47-15/h1-10,47,49-51H/b21-13+,22-12+,23-15+,24-16+. The maximum atomic E-state index is 14.5. The van der Waals surface area contributed by atoms with Crippen LogP contribution in [0.25, 0.3) is 16.7 Å². The van der Waals surface area contributed by atoms with Crippen LogP contribution in [0.15, 0.2) is 87.7 Å². The third-order valence-electron chi connectivity index (χ3n) is 7.76. The molecule has 3 aromatic rings. The Hall–Kier alpha value is -5.21. The van der Waals surface area contributed by atoms with Crippen molar-refractivity contribution >= 4 is 28.1 Å². The largest absolute Gasteiger partial charge is 0.428 e. The molecule has 0 saturated heterocycles. The van der Waals surface area contributed by atoms with Crippen molar-refractivity contribution in [3.63, 3.8) is 0 Å². The molecule has 4 N–H and O–H groups in total. The van der Waals surface area contributed by atoms with Crippen molar-refractivity contribution in [2.75, 3.05) is 0 Å². The van der Waals surface area contributed by atoms with Crippen LogP contribution in [-0.2, 0) is 5.60 Å². The summed E-state index contributed by atoms with van der Waals surface area (Å²) in [5.41, 5.74) is -22.5. The summed E-state index contributed by atoms with van der Waals surface area (Å²) in [6, 6.07) is 2.31. The monoisotopic (exact) mass is 745 g/mol. The molecule has 0 aliphatic carbocycles. The number of nitrogens with one attached hydrogen (secondary N) is 3. The Morgan fingerprint density at radius 3 is 1.27 bits per heavy atom. The molecule has 1 unspecified atom stereocenters. The highest BCUT2D eigenvalue weighted by atomic mass is 19.4. The molecule has 1 atom stereocenters. The third-order valence-corrected chi connectivity index (χ3v) is 7.76. The molecule has 51 heavy (non-hydrogen) atoms. The Kier molecular flexibility index (Phi) is 7.78. The molecule has 3 aliphatic heterocycles. The van der Waals surface area contributed by atoms with Crippen molar-refractivity contribution in [1.82, 2.24) is 15.0 Å². The lowest BCUT2D eigenvalue weighted by molar-refractivity contribution is -0.250.